The fourth-order valence-electron chi connectivity index (χ4n) is 2.21. The standard InChI is InChI=1S/C14H12N2O2S/c1-9-13(10-5-3-2-4-6-10)15-14-16(9)11(8-19-14)7-12(17)18/h2-6,8H,7H2,1H3,(H,17,18). The van der Waals surface area contributed by atoms with Crippen LogP contribution >= 0.6 is 11.3 Å². The molecule has 5 heteroatoms. The van der Waals surface area contributed by atoms with Crippen molar-refractivity contribution in [3.05, 3.63) is 47.1 Å². The number of carbonyl (C=O) groups is 1. The Balaban J connectivity index is 2.17. The predicted octanol–water partition coefficient (Wildman–Crippen LogP) is 3.00. The number of hydrogen-bond acceptors (Lipinski definition) is 3. The van der Waals surface area contributed by atoms with Gasteiger partial charge in [0.2, 0.25) is 0 Å². The Morgan fingerprint density at radius 2 is 2.11 bits per heavy atom. The number of carboxylic acids is 1. The first-order valence-corrected chi connectivity index (χ1v) is 6.77. The number of aromatic nitrogens is 2. The molecule has 3 rings (SSSR count). The molecule has 0 bridgehead atoms. The Morgan fingerprint density at radius 1 is 1.37 bits per heavy atom. The highest BCUT2D eigenvalue weighted by molar-refractivity contribution is 7.15. The summed E-state index contributed by atoms with van der Waals surface area (Å²) < 4.78 is 1.93. The van der Waals surface area contributed by atoms with E-state index >= 15 is 0 Å². The third kappa shape index (κ3) is 2.02. The summed E-state index contributed by atoms with van der Waals surface area (Å²) in [6, 6.07) is 9.93. The van der Waals surface area contributed by atoms with Crippen molar-refractivity contribution in [1.29, 1.82) is 0 Å². The number of nitrogens with zero attached hydrogens (tertiary/aromatic N) is 2. The zero-order valence-electron chi connectivity index (χ0n) is 10.3. The maximum atomic E-state index is 10.9. The van der Waals surface area contributed by atoms with Gasteiger partial charge in [-0.25, -0.2) is 4.98 Å². The van der Waals surface area contributed by atoms with E-state index in [-0.39, 0.29) is 6.42 Å². The summed E-state index contributed by atoms with van der Waals surface area (Å²) in [4.78, 5) is 16.3. The van der Waals surface area contributed by atoms with Crippen molar-refractivity contribution in [3.8, 4) is 11.3 Å². The number of benzene rings is 1. The lowest BCUT2D eigenvalue weighted by atomic mass is 10.1. The van der Waals surface area contributed by atoms with Crippen LogP contribution < -0.4 is 0 Å². The van der Waals surface area contributed by atoms with E-state index in [4.69, 9.17) is 5.11 Å². The van der Waals surface area contributed by atoms with Gasteiger partial charge in [-0.3, -0.25) is 9.20 Å². The molecule has 0 spiro atoms. The highest BCUT2D eigenvalue weighted by atomic mass is 32.1. The fourth-order valence-corrected chi connectivity index (χ4v) is 3.15. The molecule has 2 heterocycles. The molecule has 1 aromatic carbocycles. The quantitative estimate of drug-likeness (QED) is 0.797. The second kappa shape index (κ2) is 4.51. The first-order chi connectivity index (χ1) is 9.16. The van der Waals surface area contributed by atoms with Crippen LogP contribution in [0.25, 0.3) is 16.2 Å². The molecule has 0 saturated heterocycles. The van der Waals surface area contributed by atoms with Crippen LogP contribution in [0.3, 0.4) is 0 Å². The van der Waals surface area contributed by atoms with Crippen molar-refractivity contribution in [2.75, 3.05) is 0 Å². The number of hydrogen-bond donors (Lipinski definition) is 1. The van der Waals surface area contributed by atoms with Crippen LogP contribution in [0, 0.1) is 6.92 Å². The van der Waals surface area contributed by atoms with Gasteiger partial charge in [0.1, 0.15) is 0 Å². The molecule has 4 nitrogen and oxygen atoms in total. The molecule has 3 aromatic rings. The molecule has 0 amide bonds. The minimum atomic E-state index is -0.825. The summed E-state index contributed by atoms with van der Waals surface area (Å²) in [6.45, 7) is 1.97. The Morgan fingerprint density at radius 3 is 2.79 bits per heavy atom. The van der Waals surface area contributed by atoms with E-state index in [0.29, 0.717) is 0 Å². The first kappa shape index (κ1) is 11.9. The van der Waals surface area contributed by atoms with Crippen LogP contribution in [0.1, 0.15) is 11.4 Å². The van der Waals surface area contributed by atoms with Crippen molar-refractivity contribution in [1.82, 2.24) is 9.38 Å². The van der Waals surface area contributed by atoms with Gasteiger partial charge in [-0.2, -0.15) is 0 Å². The van der Waals surface area contributed by atoms with Crippen LogP contribution in [0.2, 0.25) is 0 Å². The van der Waals surface area contributed by atoms with E-state index in [9.17, 15) is 4.79 Å². The summed E-state index contributed by atoms with van der Waals surface area (Å²) in [5, 5.41) is 10.8. The van der Waals surface area contributed by atoms with Gasteiger partial charge < -0.3 is 5.11 Å². The van der Waals surface area contributed by atoms with Gasteiger partial charge in [-0.05, 0) is 6.92 Å². The molecule has 96 valence electrons. The average Bonchev–Trinajstić information content (AvgIpc) is 2.92. The van der Waals surface area contributed by atoms with Gasteiger partial charge in [0.15, 0.2) is 4.96 Å². The first-order valence-electron chi connectivity index (χ1n) is 5.89. The lowest BCUT2D eigenvalue weighted by Gasteiger charge is -2.00. The third-order valence-electron chi connectivity index (χ3n) is 3.04. The van der Waals surface area contributed by atoms with E-state index < -0.39 is 5.97 Å². The Bertz CT molecular complexity index is 743. The van der Waals surface area contributed by atoms with Crippen molar-refractivity contribution >= 4 is 22.3 Å². The smallest absolute Gasteiger partial charge is 0.309 e. The molecule has 0 aliphatic rings. The van der Waals surface area contributed by atoms with E-state index in [2.05, 4.69) is 4.98 Å². The van der Waals surface area contributed by atoms with Gasteiger partial charge in [-0.15, -0.1) is 11.3 Å². The molecule has 2 aromatic heterocycles. The lowest BCUT2D eigenvalue weighted by Crippen LogP contribution is -2.03. The summed E-state index contributed by atoms with van der Waals surface area (Å²) in [5.74, 6) is -0.825. The summed E-state index contributed by atoms with van der Waals surface area (Å²) in [5.41, 5.74) is 3.73. The lowest BCUT2D eigenvalue weighted by molar-refractivity contribution is -0.136. The number of fused-ring (bicyclic) bond motifs is 1. The molecule has 0 saturated carbocycles. The number of thiazole rings is 1. The number of carboxylic acid groups (broad SMARTS) is 1. The summed E-state index contributed by atoms with van der Waals surface area (Å²) in [6.07, 6.45) is 0.0193. The Kier molecular flexibility index (Phi) is 2.83. The fraction of sp³-hybridized carbons (Fsp3) is 0.143. The number of aryl methyl sites for hydroxylation is 1. The topological polar surface area (TPSA) is 54.6 Å². The Labute approximate surface area is 114 Å². The molecule has 19 heavy (non-hydrogen) atoms. The van der Waals surface area contributed by atoms with E-state index in [1.54, 1.807) is 0 Å². The van der Waals surface area contributed by atoms with Crippen LogP contribution in [-0.4, -0.2) is 20.5 Å². The molecule has 0 unspecified atom stereocenters. The minimum Gasteiger partial charge on any atom is -0.481 e. The van der Waals surface area contributed by atoms with Crippen LogP contribution in [0.15, 0.2) is 35.7 Å². The maximum Gasteiger partial charge on any atom is 0.309 e. The van der Waals surface area contributed by atoms with Crippen molar-refractivity contribution in [3.63, 3.8) is 0 Å². The SMILES string of the molecule is Cc1c(-c2ccccc2)nc2scc(CC(=O)O)n12. The van der Waals surface area contributed by atoms with Gasteiger partial charge in [-0.1, -0.05) is 30.3 Å². The largest absolute Gasteiger partial charge is 0.481 e. The van der Waals surface area contributed by atoms with Crippen LogP contribution in [-0.2, 0) is 11.2 Å². The van der Waals surface area contributed by atoms with Gasteiger partial charge >= 0.3 is 5.97 Å². The average molecular weight is 272 g/mol. The normalized spacial score (nSPS) is 11.0. The highest BCUT2D eigenvalue weighted by Gasteiger charge is 2.15. The summed E-state index contributed by atoms with van der Waals surface area (Å²) >= 11 is 1.47. The zero-order chi connectivity index (χ0) is 13.4. The molecule has 0 aliphatic carbocycles. The van der Waals surface area contributed by atoms with Gasteiger partial charge in [0.25, 0.3) is 0 Å². The van der Waals surface area contributed by atoms with Gasteiger partial charge in [0, 0.05) is 22.3 Å². The second-order valence-electron chi connectivity index (χ2n) is 4.33. The van der Waals surface area contributed by atoms with E-state index in [1.807, 2.05) is 47.0 Å². The summed E-state index contributed by atoms with van der Waals surface area (Å²) in [7, 11) is 0. The van der Waals surface area contributed by atoms with Crippen molar-refractivity contribution in [2.24, 2.45) is 0 Å². The monoisotopic (exact) mass is 272 g/mol. The third-order valence-corrected chi connectivity index (χ3v) is 3.92. The second-order valence-corrected chi connectivity index (χ2v) is 5.16. The molecule has 0 fully saturated rings. The Hall–Kier alpha value is -2.14. The minimum absolute atomic E-state index is 0.0193. The number of aliphatic carboxylic acids is 1. The van der Waals surface area contributed by atoms with Crippen molar-refractivity contribution in [2.45, 2.75) is 13.3 Å². The van der Waals surface area contributed by atoms with Crippen LogP contribution in [0.4, 0.5) is 0 Å². The molecular weight excluding hydrogens is 260 g/mol. The maximum absolute atomic E-state index is 10.9. The van der Waals surface area contributed by atoms with Crippen molar-refractivity contribution < 1.29 is 9.90 Å². The predicted molar refractivity (Wildman–Crippen MR) is 74.6 cm³/mol. The zero-order valence-corrected chi connectivity index (χ0v) is 11.1. The highest BCUT2D eigenvalue weighted by Crippen LogP contribution is 2.27. The molecular formula is C14H12N2O2S. The molecule has 0 radical (unpaired) electrons. The van der Waals surface area contributed by atoms with Crippen LogP contribution in [0.5, 0.6) is 0 Å². The molecule has 1 N–H and O–H groups in total. The van der Waals surface area contributed by atoms with E-state index in [0.717, 1.165) is 27.6 Å². The number of rotatable bonds is 3. The molecule has 0 atom stereocenters. The van der Waals surface area contributed by atoms with E-state index in [1.165, 1.54) is 11.3 Å². The number of imidazole rings is 1. The molecule has 0 aliphatic heterocycles. The van der Waals surface area contributed by atoms with Gasteiger partial charge in [0.05, 0.1) is 12.1 Å².